The fraction of sp³-hybridized carbons (Fsp3) is 0.438. The average Bonchev–Trinajstić information content (AvgIpc) is 3.23. The molecular formula is C16H17N3O3. The van der Waals surface area contributed by atoms with E-state index in [1.165, 1.54) is 6.21 Å². The highest BCUT2D eigenvalue weighted by Crippen LogP contribution is 2.52. The van der Waals surface area contributed by atoms with Gasteiger partial charge in [0.1, 0.15) is 5.76 Å². The zero-order valence-corrected chi connectivity index (χ0v) is 12.5. The lowest BCUT2D eigenvalue weighted by Gasteiger charge is -2.13. The zero-order valence-electron chi connectivity index (χ0n) is 12.5. The third-order valence-electron chi connectivity index (χ3n) is 4.80. The second-order valence-electron chi connectivity index (χ2n) is 6.30. The number of hydrazone groups is 1. The predicted molar refractivity (Wildman–Crippen MR) is 80.2 cm³/mol. The molecule has 0 aromatic carbocycles. The molecule has 22 heavy (non-hydrogen) atoms. The third kappa shape index (κ3) is 1.76. The highest BCUT2D eigenvalue weighted by molar-refractivity contribution is 6.06. The Hall–Kier alpha value is -2.37. The van der Waals surface area contributed by atoms with E-state index in [9.17, 15) is 9.59 Å². The highest BCUT2D eigenvalue weighted by atomic mass is 16.4. The molecule has 1 aliphatic heterocycles. The molecule has 2 amide bonds. The van der Waals surface area contributed by atoms with Crippen LogP contribution in [0.4, 0.5) is 5.88 Å². The zero-order chi connectivity index (χ0) is 15.4. The first-order valence-corrected chi connectivity index (χ1v) is 7.43. The van der Waals surface area contributed by atoms with E-state index in [0.717, 1.165) is 11.4 Å². The number of hydrogen-bond acceptors (Lipinski definition) is 5. The minimum absolute atomic E-state index is 0.178. The summed E-state index contributed by atoms with van der Waals surface area (Å²) in [6.45, 7) is 0. The van der Waals surface area contributed by atoms with Gasteiger partial charge in [0.05, 0.1) is 18.1 Å². The maximum atomic E-state index is 12.4. The van der Waals surface area contributed by atoms with Crippen LogP contribution in [0.15, 0.2) is 33.8 Å². The van der Waals surface area contributed by atoms with E-state index in [-0.39, 0.29) is 35.5 Å². The monoisotopic (exact) mass is 299 g/mol. The van der Waals surface area contributed by atoms with E-state index < -0.39 is 0 Å². The van der Waals surface area contributed by atoms with Crippen LogP contribution in [0.3, 0.4) is 0 Å². The second kappa shape index (κ2) is 4.56. The Morgan fingerprint density at radius 3 is 2.36 bits per heavy atom. The Morgan fingerprint density at radius 1 is 1.18 bits per heavy atom. The van der Waals surface area contributed by atoms with Crippen LogP contribution in [-0.4, -0.2) is 37.1 Å². The lowest BCUT2D eigenvalue weighted by molar-refractivity contribution is -0.140. The summed E-state index contributed by atoms with van der Waals surface area (Å²) in [6, 6.07) is 3.57. The summed E-state index contributed by atoms with van der Waals surface area (Å²) >= 11 is 0. The van der Waals surface area contributed by atoms with Crippen molar-refractivity contribution in [1.29, 1.82) is 0 Å². The average molecular weight is 299 g/mol. The van der Waals surface area contributed by atoms with Crippen molar-refractivity contribution < 1.29 is 14.0 Å². The highest BCUT2D eigenvalue weighted by Gasteiger charge is 2.59. The predicted octanol–water partition coefficient (Wildman–Crippen LogP) is 1.49. The number of hydrogen-bond donors (Lipinski definition) is 0. The van der Waals surface area contributed by atoms with Gasteiger partial charge in [-0.25, -0.2) is 0 Å². The van der Waals surface area contributed by atoms with Gasteiger partial charge in [-0.2, -0.15) is 10.1 Å². The lowest BCUT2D eigenvalue weighted by atomic mass is 9.85. The first-order valence-electron chi connectivity index (χ1n) is 7.43. The molecule has 4 rings (SSSR count). The van der Waals surface area contributed by atoms with Gasteiger partial charge in [-0.05, 0) is 24.3 Å². The molecule has 6 heteroatoms. The third-order valence-corrected chi connectivity index (χ3v) is 4.80. The molecule has 3 aliphatic rings. The number of anilines is 1. The van der Waals surface area contributed by atoms with Crippen LogP contribution < -0.4 is 4.90 Å². The standard InChI is InChI=1S/C16H17N3O3/c1-18(2)12-6-5-11(22-12)8-17-19-15(20)13-9-3-4-10(7-9)14(13)16(19)21/h3-6,8-10,13-14H,7H2,1-2H3/b17-8-/t9-,10-,13+,14+/m1/s1. The van der Waals surface area contributed by atoms with Crippen molar-refractivity contribution in [2.45, 2.75) is 6.42 Å². The SMILES string of the molecule is CN(C)c1ccc(/C=N\N2C(=O)[C@@H]3[C@@H](C2=O)[C@@H]2C=C[C@@H]3C2)o1. The Morgan fingerprint density at radius 2 is 1.82 bits per heavy atom. The number of carbonyl (C=O) groups excluding carboxylic acids is 2. The fourth-order valence-corrected chi connectivity index (χ4v) is 3.77. The van der Waals surface area contributed by atoms with E-state index in [1.54, 1.807) is 6.07 Å². The number of amides is 2. The summed E-state index contributed by atoms with van der Waals surface area (Å²) in [4.78, 5) is 26.7. The first-order chi connectivity index (χ1) is 10.6. The van der Waals surface area contributed by atoms with Gasteiger partial charge in [0.25, 0.3) is 11.8 Å². The van der Waals surface area contributed by atoms with Crippen molar-refractivity contribution in [3.63, 3.8) is 0 Å². The molecule has 1 saturated heterocycles. The Kier molecular flexibility index (Phi) is 2.76. The summed E-state index contributed by atoms with van der Waals surface area (Å²) in [7, 11) is 3.74. The van der Waals surface area contributed by atoms with Gasteiger partial charge in [-0.3, -0.25) is 9.59 Å². The summed E-state index contributed by atoms with van der Waals surface area (Å²) in [5, 5.41) is 5.10. The molecule has 0 spiro atoms. The van der Waals surface area contributed by atoms with Crippen LogP contribution in [0, 0.1) is 23.7 Å². The van der Waals surface area contributed by atoms with E-state index in [0.29, 0.717) is 11.6 Å². The van der Waals surface area contributed by atoms with Crippen molar-refractivity contribution in [3.05, 3.63) is 30.0 Å². The van der Waals surface area contributed by atoms with Crippen molar-refractivity contribution in [2.24, 2.45) is 28.8 Å². The van der Waals surface area contributed by atoms with Gasteiger partial charge >= 0.3 is 0 Å². The van der Waals surface area contributed by atoms with Gasteiger partial charge in [-0.15, -0.1) is 0 Å². The van der Waals surface area contributed by atoms with Gasteiger partial charge in [0, 0.05) is 20.2 Å². The molecule has 1 saturated carbocycles. The summed E-state index contributed by atoms with van der Waals surface area (Å²) in [6.07, 6.45) is 6.49. The van der Waals surface area contributed by atoms with E-state index >= 15 is 0 Å². The molecule has 1 aromatic heterocycles. The van der Waals surface area contributed by atoms with Crippen LogP contribution in [-0.2, 0) is 9.59 Å². The molecule has 0 unspecified atom stereocenters. The number of fused-ring (bicyclic) bond motifs is 5. The van der Waals surface area contributed by atoms with Crippen molar-refractivity contribution in [2.75, 3.05) is 19.0 Å². The van der Waals surface area contributed by atoms with E-state index in [1.807, 2.05) is 25.1 Å². The van der Waals surface area contributed by atoms with Crippen LogP contribution in [0.1, 0.15) is 12.2 Å². The van der Waals surface area contributed by atoms with Crippen LogP contribution >= 0.6 is 0 Å². The maximum absolute atomic E-state index is 12.4. The van der Waals surface area contributed by atoms with E-state index in [4.69, 9.17) is 4.42 Å². The minimum atomic E-state index is -0.214. The molecule has 4 atom stereocenters. The number of allylic oxidation sites excluding steroid dienone is 2. The summed E-state index contributed by atoms with van der Waals surface area (Å²) < 4.78 is 5.54. The number of rotatable bonds is 3. The normalized spacial score (nSPS) is 32.5. The van der Waals surface area contributed by atoms with Crippen LogP contribution in [0.2, 0.25) is 0 Å². The Balaban J connectivity index is 1.55. The molecule has 6 nitrogen and oxygen atoms in total. The smallest absolute Gasteiger partial charge is 0.254 e. The van der Waals surface area contributed by atoms with Gasteiger partial charge in [0.2, 0.25) is 0 Å². The first kappa shape index (κ1) is 13.3. The second-order valence-corrected chi connectivity index (χ2v) is 6.30. The molecule has 2 aliphatic carbocycles. The molecule has 2 heterocycles. The largest absolute Gasteiger partial charge is 0.440 e. The summed E-state index contributed by atoms with van der Waals surface area (Å²) in [5.74, 6) is 0.834. The molecule has 2 fully saturated rings. The quantitative estimate of drug-likeness (QED) is 0.482. The van der Waals surface area contributed by atoms with Crippen molar-refractivity contribution in [3.8, 4) is 0 Å². The van der Waals surface area contributed by atoms with Gasteiger partial charge in [-0.1, -0.05) is 12.2 Å². The van der Waals surface area contributed by atoms with Crippen LogP contribution in [0.5, 0.6) is 0 Å². The minimum Gasteiger partial charge on any atom is -0.440 e. The lowest BCUT2D eigenvalue weighted by Crippen LogP contribution is -2.28. The number of imide groups is 1. The van der Waals surface area contributed by atoms with Crippen LogP contribution in [0.25, 0.3) is 0 Å². The summed E-state index contributed by atoms with van der Waals surface area (Å²) in [5.41, 5.74) is 0. The molecule has 2 bridgehead atoms. The van der Waals surface area contributed by atoms with E-state index in [2.05, 4.69) is 17.3 Å². The molecule has 0 N–H and O–H groups in total. The number of carbonyl (C=O) groups is 2. The fourth-order valence-electron chi connectivity index (χ4n) is 3.77. The molecule has 1 aromatic rings. The van der Waals surface area contributed by atoms with Crippen molar-refractivity contribution >= 4 is 23.9 Å². The molecule has 0 radical (unpaired) electrons. The topological polar surface area (TPSA) is 66.1 Å². The van der Waals surface area contributed by atoms with Crippen molar-refractivity contribution in [1.82, 2.24) is 5.01 Å². The molecular weight excluding hydrogens is 282 g/mol. The Labute approximate surface area is 128 Å². The Bertz CT molecular complexity index is 673. The van der Waals surface area contributed by atoms with Gasteiger partial charge in [0.15, 0.2) is 5.88 Å². The molecule has 114 valence electrons. The maximum Gasteiger partial charge on any atom is 0.254 e. The number of nitrogens with zero attached hydrogens (tertiary/aromatic N) is 3. The van der Waals surface area contributed by atoms with Gasteiger partial charge < -0.3 is 9.32 Å². The number of furan rings is 1.